The summed E-state index contributed by atoms with van der Waals surface area (Å²) < 4.78 is 1.66. The van der Waals surface area contributed by atoms with E-state index in [0.717, 1.165) is 18.4 Å². The van der Waals surface area contributed by atoms with E-state index < -0.39 is 5.54 Å². The summed E-state index contributed by atoms with van der Waals surface area (Å²) in [7, 11) is 0. The predicted octanol–water partition coefficient (Wildman–Crippen LogP) is 4.05. The number of amides is 1. The number of benzene rings is 2. The zero-order chi connectivity index (χ0) is 21.8. The van der Waals surface area contributed by atoms with E-state index in [1.807, 2.05) is 55.5 Å². The number of hydrogen-bond acceptors (Lipinski definition) is 5. The van der Waals surface area contributed by atoms with Crippen LogP contribution in [-0.2, 0) is 4.79 Å². The molecule has 0 aliphatic heterocycles. The van der Waals surface area contributed by atoms with Crippen LogP contribution in [0.2, 0.25) is 0 Å². The number of fused-ring (bicyclic) bond motifs is 1. The van der Waals surface area contributed by atoms with E-state index in [-0.39, 0.29) is 23.3 Å². The van der Waals surface area contributed by atoms with Gasteiger partial charge in [-0.25, -0.2) is 4.98 Å². The van der Waals surface area contributed by atoms with Gasteiger partial charge in [0, 0.05) is 0 Å². The van der Waals surface area contributed by atoms with Gasteiger partial charge >= 0.3 is 0 Å². The highest BCUT2D eigenvalue weighted by Gasteiger charge is 2.35. The van der Waals surface area contributed by atoms with Gasteiger partial charge in [0.2, 0.25) is 5.91 Å². The second-order valence-corrected chi connectivity index (χ2v) is 8.85. The number of thioether (sulfide) groups is 1. The number of para-hydroxylation sites is 1. The zero-order valence-corrected chi connectivity index (χ0v) is 18.2. The molecule has 1 aromatic heterocycles. The Morgan fingerprint density at radius 2 is 1.87 bits per heavy atom. The maximum Gasteiger partial charge on any atom is 0.262 e. The van der Waals surface area contributed by atoms with Crippen molar-refractivity contribution in [2.24, 2.45) is 0 Å². The van der Waals surface area contributed by atoms with Crippen molar-refractivity contribution in [1.82, 2.24) is 14.9 Å². The fourth-order valence-electron chi connectivity index (χ4n) is 4.13. The van der Waals surface area contributed by atoms with Crippen molar-refractivity contribution < 1.29 is 4.79 Å². The van der Waals surface area contributed by atoms with Crippen molar-refractivity contribution in [2.75, 3.05) is 5.75 Å². The van der Waals surface area contributed by atoms with E-state index in [2.05, 4.69) is 11.4 Å². The molecule has 4 rings (SSSR count). The van der Waals surface area contributed by atoms with Crippen molar-refractivity contribution >= 4 is 28.6 Å². The molecule has 0 saturated heterocycles. The van der Waals surface area contributed by atoms with Crippen molar-refractivity contribution in [2.45, 2.75) is 49.3 Å². The minimum atomic E-state index is -0.758. The summed E-state index contributed by atoms with van der Waals surface area (Å²) in [5, 5.41) is 13.5. The molecule has 0 radical (unpaired) electrons. The second-order valence-electron chi connectivity index (χ2n) is 7.91. The lowest BCUT2D eigenvalue weighted by Gasteiger charge is -2.22. The molecule has 1 aliphatic rings. The van der Waals surface area contributed by atoms with Gasteiger partial charge in [-0.1, -0.05) is 54.2 Å². The van der Waals surface area contributed by atoms with E-state index in [0.29, 0.717) is 28.9 Å². The fourth-order valence-corrected chi connectivity index (χ4v) is 5.00. The Kier molecular flexibility index (Phi) is 6.10. The summed E-state index contributed by atoms with van der Waals surface area (Å²) in [5.74, 6) is -0.120. The van der Waals surface area contributed by atoms with Crippen LogP contribution in [0.3, 0.4) is 0 Å². The number of rotatable bonds is 6. The highest BCUT2D eigenvalue weighted by molar-refractivity contribution is 7.99. The molecule has 7 heteroatoms. The van der Waals surface area contributed by atoms with Crippen LogP contribution in [0.5, 0.6) is 0 Å². The molecule has 0 spiro atoms. The first-order chi connectivity index (χ1) is 15.0. The SMILES string of the molecule is CC(c1ccccc1)n1c(SCC(=O)NC2(C#N)CCCC2)nc2ccccc2c1=O. The maximum atomic E-state index is 13.4. The molecule has 1 saturated carbocycles. The van der Waals surface area contributed by atoms with Crippen LogP contribution in [0.4, 0.5) is 0 Å². The molecule has 0 bridgehead atoms. The molecule has 1 aliphatic carbocycles. The minimum Gasteiger partial charge on any atom is -0.337 e. The van der Waals surface area contributed by atoms with Crippen LogP contribution < -0.4 is 10.9 Å². The normalized spacial score (nSPS) is 16.0. The number of hydrogen-bond donors (Lipinski definition) is 1. The van der Waals surface area contributed by atoms with Gasteiger partial charge in [0.25, 0.3) is 5.56 Å². The highest BCUT2D eigenvalue weighted by atomic mass is 32.2. The third kappa shape index (κ3) is 4.35. The van der Waals surface area contributed by atoms with Crippen LogP contribution >= 0.6 is 11.8 Å². The van der Waals surface area contributed by atoms with Crippen molar-refractivity contribution in [3.8, 4) is 6.07 Å². The number of carbonyl (C=O) groups excluding carboxylic acids is 1. The lowest BCUT2D eigenvalue weighted by molar-refractivity contribution is -0.119. The molecule has 1 atom stereocenters. The van der Waals surface area contributed by atoms with Gasteiger partial charge in [-0.15, -0.1) is 0 Å². The number of carbonyl (C=O) groups is 1. The van der Waals surface area contributed by atoms with Gasteiger partial charge in [0.15, 0.2) is 5.16 Å². The smallest absolute Gasteiger partial charge is 0.262 e. The van der Waals surface area contributed by atoms with Crippen LogP contribution in [0, 0.1) is 11.3 Å². The monoisotopic (exact) mass is 432 g/mol. The van der Waals surface area contributed by atoms with Gasteiger partial charge in [-0.05, 0) is 50.3 Å². The van der Waals surface area contributed by atoms with Crippen LogP contribution in [0.1, 0.15) is 44.2 Å². The Morgan fingerprint density at radius 1 is 1.19 bits per heavy atom. The first-order valence-electron chi connectivity index (χ1n) is 10.4. The third-order valence-corrected chi connectivity index (χ3v) is 6.78. The van der Waals surface area contributed by atoms with Crippen molar-refractivity contribution in [3.05, 3.63) is 70.5 Å². The molecule has 31 heavy (non-hydrogen) atoms. The molecule has 2 aromatic carbocycles. The Balaban J connectivity index is 1.65. The molecule has 1 N–H and O–H groups in total. The number of aromatic nitrogens is 2. The highest BCUT2D eigenvalue weighted by Crippen LogP contribution is 2.29. The van der Waals surface area contributed by atoms with E-state index in [4.69, 9.17) is 4.98 Å². The van der Waals surface area contributed by atoms with Crippen molar-refractivity contribution in [1.29, 1.82) is 5.26 Å². The summed E-state index contributed by atoms with van der Waals surface area (Å²) in [6.45, 7) is 1.96. The van der Waals surface area contributed by atoms with Gasteiger partial charge in [-0.3, -0.25) is 14.2 Å². The van der Waals surface area contributed by atoms with Crippen LogP contribution in [-0.4, -0.2) is 26.8 Å². The third-order valence-electron chi connectivity index (χ3n) is 5.83. The average molecular weight is 433 g/mol. The number of nitrogens with one attached hydrogen (secondary N) is 1. The zero-order valence-electron chi connectivity index (χ0n) is 17.4. The Bertz CT molecular complexity index is 1190. The standard InChI is InChI=1S/C24H24N4O2S/c1-17(18-9-3-2-4-10-18)28-22(30)19-11-5-6-12-20(19)26-23(28)31-15-21(29)27-24(16-25)13-7-8-14-24/h2-6,9-12,17H,7-8,13-15H2,1H3,(H,27,29). The maximum absolute atomic E-state index is 13.4. The Labute approximate surface area is 185 Å². The van der Waals surface area contributed by atoms with E-state index in [9.17, 15) is 14.9 Å². The van der Waals surface area contributed by atoms with E-state index in [1.54, 1.807) is 10.6 Å². The molecule has 6 nitrogen and oxygen atoms in total. The van der Waals surface area contributed by atoms with Gasteiger partial charge < -0.3 is 5.32 Å². The van der Waals surface area contributed by atoms with E-state index >= 15 is 0 Å². The van der Waals surface area contributed by atoms with E-state index in [1.165, 1.54) is 11.8 Å². The van der Waals surface area contributed by atoms with Crippen LogP contribution in [0.15, 0.2) is 64.5 Å². The number of nitrogens with zero attached hydrogens (tertiary/aromatic N) is 3. The topological polar surface area (TPSA) is 87.8 Å². The first kappa shape index (κ1) is 21.1. The first-order valence-corrected chi connectivity index (χ1v) is 11.4. The van der Waals surface area contributed by atoms with Crippen molar-refractivity contribution in [3.63, 3.8) is 0 Å². The molecule has 1 unspecified atom stereocenters. The largest absolute Gasteiger partial charge is 0.337 e. The predicted molar refractivity (Wildman–Crippen MR) is 122 cm³/mol. The number of nitriles is 1. The summed E-state index contributed by atoms with van der Waals surface area (Å²) in [6.07, 6.45) is 3.26. The second kappa shape index (κ2) is 8.94. The Morgan fingerprint density at radius 3 is 2.58 bits per heavy atom. The van der Waals surface area contributed by atoms with Gasteiger partial charge in [0.05, 0.1) is 28.8 Å². The molecular weight excluding hydrogens is 408 g/mol. The van der Waals surface area contributed by atoms with Gasteiger partial charge in [0.1, 0.15) is 5.54 Å². The summed E-state index contributed by atoms with van der Waals surface area (Å²) in [6, 6.07) is 19.1. The van der Waals surface area contributed by atoms with Crippen LogP contribution in [0.25, 0.3) is 10.9 Å². The molecular formula is C24H24N4O2S. The molecule has 158 valence electrons. The lowest BCUT2D eigenvalue weighted by atomic mass is 10.0. The van der Waals surface area contributed by atoms with Gasteiger partial charge in [-0.2, -0.15) is 5.26 Å². The summed E-state index contributed by atoms with van der Waals surface area (Å²) in [4.78, 5) is 30.7. The minimum absolute atomic E-state index is 0.0930. The average Bonchev–Trinajstić information content (AvgIpc) is 3.27. The molecule has 1 fully saturated rings. The molecule has 1 heterocycles. The molecule has 3 aromatic rings. The lowest BCUT2D eigenvalue weighted by Crippen LogP contribution is -2.46. The Hall–Kier alpha value is -3.11. The molecule has 1 amide bonds. The fraction of sp³-hybridized carbons (Fsp3) is 0.333. The summed E-state index contributed by atoms with van der Waals surface area (Å²) in [5.41, 5.74) is 0.707. The quantitative estimate of drug-likeness (QED) is 0.469. The summed E-state index contributed by atoms with van der Waals surface area (Å²) >= 11 is 1.23.